The SMILES string of the molecule is C[C@@H](Oc1ccc2ncc3c(c2c1)CCOC3)c1cn(C23CCC(NS(C)(=O)=O)(C2)C3)nn1. The van der Waals surface area contributed by atoms with Gasteiger partial charge in [-0.2, -0.15) is 0 Å². The molecule has 1 atom stereocenters. The minimum Gasteiger partial charge on any atom is -0.484 e. The summed E-state index contributed by atoms with van der Waals surface area (Å²) in [4.78, 5) is 4.56. The van der Waals surface area contributed by atoms with Gasteiger partial charge in [0.1, 0.15) is 17.5 Å². The van der Waals surface area contributed by atoms with Crippen molar-refractivity contribution < 1.29 is 17.9 Å². The molecule has 0 saturated heterocycles. The third-order valence-corrected chi connectivity index (χ3v) is 8.13. The Labute approximate surface area is 192 Å². The number of hydrogen-bond acceptors (Lipinski definition) is 7. The van der Waals surface area contributed by atoms with Gasteiger partial charge < -0.3 is 9.47 Å². The van der Waals surface area contributed by atoms with Crippen molar-refractivity contribution in [1.82, 2.24) is 24.7 Å². The Morgan fingerprint density at radius 3 is 2.94 bits per heavy atom. The van der Waals surface area contributed by atoms with Crippen molar-refractivity contribution in [3.05, 3.63) is 47.4 Å². The zero-order chi connectivity index (χ0) is 22.8. The van der Waals surface area contributed by atoms with Gasteiger partial charge in [-0.15, -0.1) is 5.10 Å². The first-order chi connectivity index (χ1) is 15.7. The molecule has 1 N–H and O–H groups in total. The minimum atomic E-state index is -3.23. The highest BCUT2D eigenvalue weighted by Crippen LogP contribution is 2.59. The van der Waals surface area contributed by atoms with Crippen LogP contribution < -0.4 is 9.46 Å². The fourth-order valence-electron chi connectivity index (χ4n) is 5.90. The van der Waals surface area contributed by atoms with Gasteiger partial charge in [0.2, 0.25) is 10.0 Å². The van der Waals surface area contributed by atoms with E-state index in [1.165, 1.54) is 11.8 Å². The maximum atomic E-state index is 11.7. The van der Waals surface area contributed by atoms with E-state index in [2.05, 4.69) is 26.1 Å². The smallest absolute Gasteiger partial charge is 0.209 e. The van der Waals surface area contributed by atoms with Crippen LogP contribution in [0.3, 0.4) is 0 Å². The van der Waals surface area contributed by atoms with Crippen LogP contribution in [-0.4, -0.2) is 46.8 Å². The number of fused-ring (bicyclic) bond motifs is 4. The maximum Gasteiger partial charge on any atom is 0.209 e. The molecule has 1 aliphatic heterocycles. The summed E-state index contributed by atoms with van der Waals surface area (Å²) in [7, 11) is -3.23. The molecule has 0 amide bonds. The summed E-state index contributed by atoms with van der Waals surface area (Å²) >= 11 is 0. The molecule has 3 saturated carbocycles. The van der Waals surface area contributed by atoms with Crippen molar-refractivity contribution in [2.24, 2.45) is 0 Å². The normalized spacial score (nSPS) is 27.2. The molecular formula is C23H27N5O4S. The van der Waals surface area contributed by atoms with Crippen LogP contribution in [0, 0.1) is 0 Å². The van der Waals surface area contributed by atoms with Gasteiger partial charge in [0, 0.05) is 17.1 Å². The molecule has 3 aliphatic carbocycles. The highest BCUT2D eigenvalue weighted by atomic mass is 32.2. The van der Waals surface area contributed by atoms with Crippen LogP contribution in [0.2, 0.25) is 0 Å². The van der Waals surface area contributed by atoms with E-state index in [4.69, 9.17) is 9.47 Å². The van der Waals surface area contributed by atoms with E-state index < -0.39 is 10.0 Å². The summed E-state index contributed by atoms with van der Waals surface area (Å²) in [6, 6.07) is 5.99. The molecule has 10 heteroatoms. The van der Waals surface area contributed by atoms with Crippen LogP contribution in [0.5, 0.6) is 5.75 Å². The van der Waals surface area contributed by atoms with E-state index in [9.17, 15) is 8.42 Å². The van der Waals surface area contributed by atoms with Crippen molar-refractivity contribution in [1.29, 1.82) is 0 Å². The Bertz CT molecular complexity index is 1350. The first-order valence-corrected chi connectivity index (χ1v) is 13.2. The van der Waals surface area contributed by atoms with Crippen molar-refractivity contribution in [2.45, 2.75) is 62.8 Å². The number of ether oxygens (including phenoxy) is 2. The summed E-state index contributed by atoms with van der Waals surface area (Å²) in [5.74, 6) is 0.769. The highest BCUT2D eigenvalue weighted by Gasteiger charge is 2.63. The summed E-state index contributed by atoms with van der Waals surface area (Å²) in [5, 5.41) is 9.88. The van der Waals surface area contributed by atoms with Crippen LogP contribution in [-0.2, 0) is 33.3 Å². The molecule has 2 bridgehead atoms. The molecule has 1 aromatic carbocycles. The number of sulfonamides is 1. The Kier molecular flexibility index (Phi) is 4.59. The lowest BCUT2D eigenvalue weighted by atomic mass is 9.72. The molecule has 9 nitrogen and oxygen atoms in total. The Hall–Kier alpha value is -2.56. The van der Waals surface area contributed by atoms with Crippen molar-refractivity contribution >= 4 is 20.9 Å². The second-order valence-corrected chi connectivity index (χ2v) is 11.6. The van der Waals surface area contributed by atoms with E-state index in [0.717, 1.165) is 66.6 Å². The summed E-state index contributed by atoms with van der Waals surface area (Å²) in [5.41, 5.74) is 3.65. The molecule has 33 heavy (non-hydrogen) atoms. The zero-order valence-corrected chi connectivity index (χ0v) is 19.6. The minimum absolute atomic E-state index is 0.154. The highest BCUT2D eigenvalue weighted by molar-refractivity contribution is 7.88. The number of nitrogens with one attached hydrogen (secondary N) is 1. The van der Waals surface area contributed by atoms with E-state index in [1.54, 1.807) is 0 Å². The van der Waals surface area contributed by atoms with Gasteiger partial charge in [0.05, 0.1) is 36.7 Å². The first kappa shape index (κ1) is 21.0. The third-order valence-electron chi connectivity index (χ3n) is 7.33. The predicted octanol–water partition coefficient (Wildman–Crippen LogP) is 2.61. The molecule has 0 unspecified atom stereocenters. The molecule has 0 spiro atoms. The van der Waals surface area contributed by atoms with Crippen molar-refractivity contribution in [2.75, 3.05) is 12.9 Å². The maximum absolute atomic E-state index is 11.7. The second kappa shape index (κ2) is 7.22. The largest absolute Gasteiger partial charge is 0.484 e. The molecule has 2 aromatic heterocycles. The van der Waals surface area contributed by atoms with E-state index in [-0.39, 0.29) is 17.2 Å². The molecule has 4 aliphatic rings. The lowest BCUT2D eigenvalue weighted by Gasteiger charge is -2.46. The van der Waals surface area contributed by atoms with Gasteiger partial charge in [-0.05, 0) is 68.4 Å². The van der Waals surface area contributed by atoms with Gasteiger partial charge >= 0.3 is 0 Å². The number of rotatable bonds is 6. The summed E-state index contributed by atoms with van der Waals surface area (Å²) < 4.78 is 40.0. The average Bonchev–Trinajstić information content (AvgIpc) is 3.46. The molecule has 174 valence electrons. The van der Waals surface area contributed by atoms with Gasteiger partial charge in [-0.3, -0.25) is 4.98 Å². The number of pyridine rings is 1. The molecule has 3 fully saturated rings. The second-order valence-electron chi connectivity index (χ2n) is 9.82. The van der Waals surface area contributed by atoms with Crippen LogP contribution in [0.4, 0.5) is 0 Å². The lowest BCUT2D eigenvalue weighted by molar-refractivity contribution is 0.0954. The van der Waals surface area contributed by atoms with Crippen LogP contribution >= 0.6 is 0 Å². The average molecular weight is 470 g/mol. The number of benzene rings is 1. The topological polar surface area (TPSA) is 108 Å². The zero-order valence-electron chi connectivity index (χ0n) is 18.7. The fraction of sp³-hybridized carbons (Fsp3) is 0.522. The Morgan fingerprint density at radius 1 is 1.27 bits per heavy atom. The monoisotopic (exact) mass is 469 g/mol. The standard InChI is InChI=1S/C23H27N5O4S/c1-15(32-17-3-4-20-19(9-17)18-5-8-31-12-16(18)10-24-20)21-11-28(27-25-21)23-7-6-22(13-23,14-23)26-33(2,29)30/h3-4,9-11,15,26H,5-8,12-14H2,1-2H3/t15-,22?,23?/m1/s1. The lowest BCUT2D eigenvalue weighted by Crippen LogP contribution is -2.58. The quantitative estimate of drug-likeness (QED) is 0.591. The fourth-order valence-corrected chi connectivity index (χ4v) is 6.94. The van der Waals surface area contributed by atoms with Crippen molar-refractivity contribution in [3.63, 3.8) is 0 Å². The molecule has 0 radical (unpaired) electrons. The van der Waals surface area contributed by atoms with Crippen LogP contribution in [0.25, 0.3) is 10.9 Å². The molecule has 3 aromatic rings. The number of hydrogen-bond donors (Lipinski definition) is 1. The predicted molar refractivity (Wildman–Crippen MR) is 121 cm³/mol. The first-order valence-electron chi connectivity index (χ1n) is 11.3. The van der Waals surface area contributed by atoms with E-state index >= 15 is 0 Å². The van der Waals surface area contributed by atoms with Crippen LogP contribution in [0.1, 0.15) is 55.5 Å². The third kappa shape index (κ3) is 3.60. The Balaban J connectivity index is 1.20. The van der Waals surface area contributed by atoms with E-state index in [1.807, 2.05) is 36.1 Å². The van der Waals surface area contributed by atoms with Gasteiger partial charge in [-0.1, -0.05) is 5.21 Å². The number of nitrogens with zero attached hydrogens (tertiary/aromatic N) is 4. The van der Waals surface area contributed by atoms with Gasteiger partial charge in [0.25, 0.3) is 0 Å². The van der Waals surface area contributed by atoms with Crippen LogP contribution in [0.15, 0.2) is 30.6 Å². The number of aromatic nitrogens is 4. The van der Waals surface area contributed by atoms with Gasteiger partial charge in [0.15, 0.2) is 0 Å². The Morgan fingerprint density at radius 2 is 2.12 bits per heavy atom. The van der Waals surface area contributed by atoms with Gasteiger partial charge in [-0.25, -0.2) is 17.8 Å². The van der Waals surface area contributed by atoms with Crippen molar-refractivity contribution in [3.8, 4) is 5.75 Å². The molecule has 3 heterocycles. The summed E-state index contributed by atoms with van der Waals surface area (Å²) in [6.07, 6.45) is 8.88. The summed E-state index contributed by atoms with van der Waals surface area (Å²) in [6.45, 7) is 3.29. The van der Waals surface area contributed by atoms with E-state index in [0.29, 0.717) is 6.61 Å². The molecule has 7 rings (SSSR count). The molecular weight excluding hydrogens is 442 g/mol.